The molecule has 3 aromatic carbocycles. The summed E-state index contributed by atoms with van der Waals surface area (Å²) in [5.41, 5.74) is 2.11. The first-order valence-corrected chi connectivity index (χ1v) is 12.9. The van der Waals surface area contributed by atoms with Crippen molar-refractivity contribution < 1.29 is 32.2 Å². The Morgan fingerprint density at radius 2 is 1.57 bits per heavy atom. The van der Waals surface area contributed by atoms with Crippen LogP contribution in [0.25, 0.3) is 0 Å². The number of nitrogens with one attached hydrogen (secondary N) is 1. The number of carbonyl (C=O) groups is 2. The van der Waals surface area contributed by atoms with Crippen LogP contribution in [0.1, 0.15) is 54.6 Å². The van der Waals surface area contributed by atoms with Crippen LogP contribution in [0.4, 0.5) is 23.7 Å². The molecule has 0 aliphatic carbocycles. The molecule has 2 amide bonds. The fourth-order valence-corrected chi connectivity index (χ4v) is 4.12. The fraction of sp³-hybridized carbons (Fsp3) is 0.355. The molecular weight excluding hydrogens is 521 g/mol. The molecule has 0 radical (unpaired) electrons. The van der Waals surface area contributed by atoms with E-state index in [1.54, 1.807) is 51.1 Å². The van der Waals surface area contributed by atoms with E-state index in [0.717, 1.165) is 23.3 Å². The Bertz CT molecular complexity index is 1330. The molecule has 0 heterocycles. The molecule has 0 aliphatic rings. The number of alkyl halides is 3. The van der Waals surface area contributed by atoms with Crippen molar-refractivity contribution in [3.63, 3.8) is 0 Å². The summed E-state index contributed by atoms with van der Waals surface area (Å²) in [5, 5.41) is 2.71. The summed E-state index contributed by atoms with van der Waals surface area (Å²) in [6, 6.07) is 16.1. The zero-order chi connectivity index (χ0) is 29.7. The van der Waals surface area contributed by atoms with Gasteiger partial charge >= 0.3 is 12.3 Å². The Hall–Kier alpha value is -4.01. The van der Waals surface area contributed by atoms with Gasteiger partial charge in [-0.3, -0.25) is 4.79 Å². The van der Waals surface area contributed by atoms with Crippen molar-refractivity contribution in [3.05, 3.63) is 94.5 Å². The van der Waals surface area contributed by atoms with Gasteiger partial charge < -0.3 is 19.7 Å². The number of methoxy groups -OCH3 is 1. The van der Waals surface area contributed by atoms with Crippen molar-refractivity contribution >= 4 is 17.7 Å². The number of ether oxygens (including phenoxy) is 2. The van der Waals surface area contributed by atoms with Crippen LogP contribution < -0.4 is 15.0 Å². The Balaban J connectivity index is 2.01. The third kappa shape index (κ3) is 8.00. The van der Waals surface area contributed by atoms with Crippen molar-refractivity contribution in [2.24, 2.45) is 0 Å². The average molecular weight is 557 g/mol. The minimum Gasteiger partial charge on any atom is -0.496 e. The molecule has 1 N–H and O–H groups in total. The molecule has 0 spiro atoms. The number of halogens is 3. The molecule has 214 valence electrons. The second-order valence-electron chi connectivity index (χ2n) is 10.5. The highest BCUT2D eigenvalue weighted by Crippen LogP contribution is 2.31. The summed E-state index contributed by atoms with van der Waals surface area (Å²) in [7, 11) is 1.47. The van der Waals surface area contributed by atoms with Crippen molar-refractivity contribution in [1.29, 1.82) is 0 Å². The number of anilines is 1. The molecule has 9 heteroatoms. The van der Waals surface area contributed by atoms with Gasteiger partial charge in [-0.25, -0.2) is 4.79 Å². The van der Waals surface area contributed by atoms with E-state index in [0.29, 0.717) is 22.6 Å². The number of nitrogens with zero attached hydrogens (tertiary/aromatic N) is 1. The lowest BCUT2D eigenvalue weighted by Crippen LogP contribution is -2.45. The molecule has 1 atom stereocenters. The van der Waals surface area contributed by atoms with E-state index in [9.17, 15) is 22.8 Å². The minimum absolute atomic E-state index is 0.147. The number of alkyl carbamates (subject to hydrolysis) is 1. The SMILES string of the molecule is COc1ccccc1C(NC(=O)OC(C)(C)C)C(=O)N(CCc1ccc(C(F)(F)F)cc1)c1ccc(C)c(C)c1. The van der Waals surface area contributed by atoms with Crippen LogP contribution in [0.2, 0.25) is 0 Å². The Morgan fingerprint density at radius 1 is 0.925 bits per heavy atom. The second kappa shape index (κ2) is 12.4. The molecule has 0 saturated heterocycles. The zero-order valence-electron chi connectivity index (χ0n) is 23.6. The second-order valence-corrected chi connectivity index (χ2v) is 10.5. The van der Waals surface area contributed by atoms with Gasteiger partial charge in [0.15, 0.2) is 0 Å². The van der Waals surface area contributed by atoms with E-state index in [2.05, 4.69) is 5.32 Å². The smallest absolute Gasteiger partial charge is 0.416 e. The molecule has 1 unspecified atom stereocenters. The van der Waals surface area contributed by atoms with Gasteiger partial charge in [0, 0.05) is 17.8 Å². The van der Waals surface area contributed by atoms with Gasteiger partial charge in [0.05, 0.1) is 12.7 Å². The first-order valence-electron chi connectivity index (χ1n) is 12.9. The number of para-hydroxylation sites is 1. The summed E-state index contributed by atoms with van der Waals surface area (Å²) in [6.07, 6.45) is -4.93. The number of hydrogen-bond donors (Lipinski definition) is 1. The fourth-order valence-electron chi connectivity index (χ4n) is 4.12. The predicted molar refractivity (Wildman–Crippen MR) is 149 cm³/mol. The van der Waals surface area contributed by atoms with Crippen molar-refractivity contribution in [1.82, 2.24) is 5.32 Å². The maximum Gasteiger partial charge on any atom is 0.416 e. The quantitative estimate of drug-likeness (QED) is 0.319. The van der Waals surface area contributed by atoms with E-state index in [4.69, 9.17) is 9.47 Å². The van der Waals surface area contributed by atoms with Crippen molar-refractivity contribution in [2.75, 3.05) is 18.6 Å². The summed E-state index contributed by atoms with van der Waals surface area (Å²) >= 11 is 0. The maximum absolute atomic E-state index is 14.3. The summed E-state index contributed by atoms with van der Waals surface area (Å²) in [5.74, 6) is -0.0507. The molecule has 6 nitrogen and oxygen atoms in total. The zero-order valence-corrected chi connectivity index (χ0v) is 23.6. The number of carbonyl (C=O) groups excluding carboxylic acids is 2. The van der Waals surface area contributed by atoms with Crippen molar-refractivity contribution in [3.8, 4) is 5.75 Å². The molecule has 3 aromatic rings. The lowest BCUT2D eigenvalue weighted by Gasteiger charge is -2.30. The lowest BCUT2D eigenvalue weighted by atomic mass is 10.0. The van der Waals surface area contributed by atoms with Crippen LogP contribution in [0, 0.1) is 13.8 Å². The van der Waals surface area contributed by atoms with Gasteiger partial charge in [-0.15, -0.1) is 0 Å². The molecule has 0 saturated carbocycles. The molecule has 3 rings (SSSR count). The van der Waals surface area contributed by atoms with E-state index in [1.165, 1.54) is 24.1 Å². The largest absolute Gasteiger partial charge is 0.496 e. The molecular formula is C31H35F3N2O4. The van der Waals surface area contributed by atoms with Crippen LogP contribution in [-0.4, -0.2) is 31.3 Å². The van der Waals surface area contributed by atoms with Gasteiger partial charge in [-0.1, -0.05) is 36.4 Å². The van der Waals surface area contributed by atoms with Gasteiger partial charge in [-0.05, 0) is 88.1 Å². The summed E-state index contributed by atoms with van der Waals surface area (Å²) in [4.78, 5) is 28.7. The summed E-state index contributed by atoms with van der Waals surface area (Å²) < 4.78 is 50.1. The Labute approximate surface area is 233 Å². The highest BCUT2D eigenvalue weighted by atomic mass is 19.4. The van der Waals surface area contributed by atoms with E-state index >= 15 is 0 Å². The van der Waals surface area contributed by atoms with Crippen molar-refractivity contribution in [2.45, 2.75) is 58.9 Å². The topological polar surface area (TPSA) is 67.9 Å². The summed E-state index contributed by atoms with van der Waals surface area (Å²) in [6.45, 7) is 9.19. The van der Waals surface area contributed by atoms with Crippen LogP contribution in [-0.2, 0) is 22.1 Å². The van der Waals surface area contributed by atoms with Gasteiger partial charge in [0.2, 0.25) is 0 Å². The first-order chi connectivity index (χ1) is 18.7. The van der Waals surface area contributed by atoms with Gasteiger partial charge in [0.1, 0.15) is 17.4 Å². The van der Waals surface area contributed by atoms with Gasteiger partial charge in [-0.2, -0.15) is 13.2 Å². The molecule has 0 aliphatic heterocycles. The normalized spacial score (nSPS) is 12.4. The Morgan fingerprint density at radius 3 is 2.15 bits per heavy atom. The molecule has 0 aromatic heterocycles. The number of amides is 2. The number of hydrogen-bond acceptors (Lipinski definition) is 4. The molecule has 0 fully saturated rings. The third-order valence-electron chi connectivity index (χ3n) is 6.33. The third-order valence-corrected chi connectivity index (χ3v) is 6.33. The molecule has 40 heavy (non-hydrogen) atoms. The van der Waals surface area contributed by atoms with Crippen LogP contribution in [0.3, 0.4) is 0 Å². The standard InChI is InChI=1S/C31H35F3N2O4/c1-20-11-16-24(19-21(20)2)36(18-17-22-12-14-23(15-13-22)31(32,33)34)28(37)27(35-29(38)40-30(3,4)5)25-9-7-8-10-26(25)39-6/h7-16,19,27H,17-18H2,1-6H3,(H,35,38). The minimum atomic E-state index is -4.44. The van der Waals surface area contributed by atoms with E-state index in [-0.39, 0.29) is 13.0 Å². The monoisotopic (exact) mass is 556 g/mol. The average Bonchev–Trinajstić information content (AvgIpc) is 2.88. The number of benzene rings is 3. The number of aryl methyl sites for hydroxylation is 2. The highest BCUT2D eigenvalue weighted by Gasteiger charge is 2.33. The van der Waals surface area contributed by atoms with Gasteiger partial charge in [0.25, 0.3) is 5.91 Å². The maximum atomic E-state index is 14.3. The highest BCUT2D eigenvalue weighted by molar-refractivity contribution is 6.00. The number of rotatable bonds is 8. The van der Waals surface area contributed by atoms with E-state index in [1.807, 2.05) is 26.0 Å². The van der Waals surface area contributed by atoms with E-state index < -0.39 is 35.4 Å². The molecule has 0 bridgehead atoms. The predicted octanol–water partition coefficient (Wildman–Crippen LogP) is 7.17. The lowest BCUT2D eigenvalue weighted by molar-refractivity contribution is -0.137. The first kappa shape index (κ1) is 30.5. The Kier molecular flexibility index (Phi) is 9.50. The van der Waals surface area contributed by atoms with Crippen LogP contribution >= 0.6 is 0 Å². The van der Waals surface area contributed by atoms with Crippen LogP contribution in [0.5, 0.6) is 5.75 Å². The van der Waals surface area contributed by atoms with Crippen LogP contribution in [0.15, 0.2) is 66.7 Å².